The van der Waals surface area contributed by atoms with Crippen LogP contribution >= 0.6 is 23.1 Å². The van der Waals surface area contributed by atoms with E-state index in [1.807, 2.05) is 18.2 Å². The van der Waals surface area contributed by atoms with Crippen LogP contribution < -0.4 is 5.32 Å². The highest BCUT2D eigenvalue weighted by molar-refractivity contribution is 8.00. The van der Waals surface area contributed by atoms with Crippen LogP contribution in [0.4, 0.5) is 5.13 Å². The van der Waals surface area contributed by atoms with Gasteiger partial charge in [0.2, 0.25) is 11.0 Å². The Hall–Kier alpha value is -1.91. The number of amides is 1. The minimum absolute atomic E-state index is 0.158. The molecule has 0 saturated carbocycles. The van der Waals surface area contributed by atoms with E-state index in [1.54, 1.807) is 6.07 Å². The fraction of sp³-hybridized carbons (Fsp3) is 0.167. The lowest BCUT2D eigenvalue weighted by atomic mass is 10.2. The third kappa shape index (κ3) is 4.05. The highest BCUT2D eigenvalue weighted by Gasteiger charge is 2.06. The van der Waals surface area contributed by atoms with E-state index in [1.165, 1.54) is 30.0 Å². The van der Waals surface area contributed by atoms with Crippen molar-refractivity contribution in [3.05, 3.63) is 35.4 Å². The molecule has 19 heavy (non-hydrogen) atoms. The maximum atomic E-state index is 10.9. The number of hydrogen-bond acceptors (Lipinski definition) is 6. The zero-order chi connectivity index (χ0) is 13.7. The maximum Gasteiger partial charge on any atom is 0.223 e. The van der Waals surface area contributed by atoms with Crippen LogP contribution in [0.3, 0.4) is 0 Å². The third-order valence-corrected chi connectivity index (χ3v) is 4.15. The van der Waals surface area contributed by atoms with Gasteiger partial charge in [-0.1, -0.05) is 35.2 Å². The zero-order valence-corrected chi connectivity index (χ0v) is 11.7. The van der Waals surface area contributed by atoms with Gasteiger partial charge in [-0.05, 0) is 17.7 Å². The van der Waals surface area contributed by atoms with Crippen molar-refractivity contribution in [2.75, 3.05) is 5.32 Å². The van der Waals surface area contributed by atoms with Crippen molar-refractivity contribution < 1.29 is 4.79 Å². The van der Waals surface area contributed by atoms with Crippen LogP contribution in [0.15, 0.2) is 28.6 Å². The summed E-state index contributed by atoms with van der Waals surface area (Å²) in [5.41, 5.74) is 1.70. The van der Waals surface area contributed by atoms with E-state index in [9.17, 15) is 4.79 Å². The van der Waals surface area contributed by atoms with Gasteiger partial charge < -0.3 is 5.32 Å². The van der Waals surface area contributed by atoms with E-state index in [-0.39, 0.29) is 5.91 Å². The van der Waals surface area contributed by atoms with Crippen molar-refractivity contribution in [1.82, 2.24) is 10.2 Å². The number of carbonyl (C=O) groups is 1. The van der Waals surface area contributed by atoms with Crippen molar-refractivity contribution in [3.8, 4) is 6.07 Å². The van der Waals surface area contributed by atoms with Crippen molar-refractivity contribution in [2.45, 2.75) is 17.0 Å². The first-order chi connectivity index (χ1) is 9.17. The molecular formula is C12H10N4OS2. The van der Waals surface area contributed by atoms with Gasteiger partial charge in [0.1, 0.15) is 0 Å². The third-order valence-electron chi connectivity index (χ3n) is 2.11. The number of benzene rings is 1. The highest BCUT2D eigenvalue weighted by atomic mass is 32.2. The van der Waals surface area contributed by atoms with Crippen LogP contribution in [0.1, 0.15) is 18.1 Å². The Kier molecular flexibility index (Phi) is 4.49. The molecule has 0 aliphatic heterocycles. The number of hydrogen-bond donors (Lipinski definition) is 1. The summed E-state index contributed by atoms with van der Waals surface area (Å²) < 4.78 is 0.783. The summed E-state index contributed by atoms with van der Waals surface area (Å²) in [6.07, 6.45) is 0. The first-order valence-corrected chi connectivity index (χ1v) is 7.20. The molecule has 0 saturated heterocycles. The SMILES string of the molecule is CC(=O)Nc1nnc(SCc2cccc(C#N)c2)s1. The molecule has 2 aromatic rings. The molecule has 1 aromatic carbocycles. The van der Waals surface area contributed by atoms with Crippen molar-refractivity contribution in [2.24, 2.45) is 0 Å². The average Bonchev–Trinajstić information content (AvgIpc) is 2.83. The van der Waals surface area contributed by atoms with E-state index in [2.05, 4.69) is 21.6 Å². The Morgan fingerprint density at radius 1 is 1.53 bits per heavy atom. The molecule has 1 heterocycles. The fourth-order valence-electron chi connectivity index (χ4n) is 1.34. The molecule has 0 aliphatic rings. The Morgan fingerprint density at radius 3 is 3.11 bits per heavy atom. The molecule has 0 radical (unpaired) electrons. The number of anilines is 1. The molecule has 7 heteroatoms. The van der Waals surface area contributed by atoms with Gasteiger partial charge in [0.05, 0.1) is 11.6 Å². The lowest BCUT2D eigenvalue weighted by Crippen LogP contribution is -2.04. The quantitative estimate of drug-likeness (QED) is 0.691. The van der Waals surface area contributed by atoms with E-state index >= 15 is 0 Å². The number of carbonyl (C=O) groups excluding carboxylic acids is 1. The molecule has 0 spiro atoms. The molecule has 1 N–H and O–H groups in total. The fourth-order valence-corrected chi connectivity index (χ4v) is 3.09. The van der Waals surface area contributed by atoms with Gasteiger partial charge in [0.15, 0.2) is 4.34 Å². The molecule has 1 aromatic heterocycles. The monoisotopic (exact) mass is 290 g/mol. The summed E-state index contributed by atoms with van der Waals surface area (Å²) in [5.74, 6) is 0.555. The lowest BCUT2D eigenvalue weighted by molar-refractivity contribution is -0.114. The number of nitrogens with one attached hydrogen (secondary N) is 1. The van der Waals surface area contributed by atoms with Crippen molar-refractivity contribution in [3.63, 3.8) is 0 Å². The first kappa shape index (κ1) is 13.5. The van der Waals surface area contributed by atoms with Gasteiger partial charge in [-0.2, -0.15) is 5.26 Å². The summed E-state index contributed by atoms with van der Waals surface area (Å²) in [6, 6.07) is 9.55. The van der Waals surface area contributed by atoms with Gasteiger partial charge in [0, 0.05) is 12.7 Å². The minimum Gasteiger partial charge on any atom is -0.301 e. The van der Waals surface area contributed by atoms with E-state index in [0.29, 0.717) is 16.4 Å². The van der Waals surface area contributed by atoms with Gasteiger partial charge in [-0.15, -0.1) is 10.2 Å². The van der Waals surface area contributed by atoms with E-state index in [0.717, 1.165) is 9.90 Å². The summed E-state index contributed by atoms with van der Waals surface area (Å²) in [4.78, 5) is 10.9. The summed E-state index contributed by atoms with van der Waals surface area (Å²) in [6.45, 7) is 1.43. The van der Waals surface area contributed by atoms with Crippen LogP contribution in [0.25, 0.3) is 0 Å². The molecule has 0 unspecified atom stereocenters. The standard InChI is InChI=1S/C12H10N4OS2/c1-8(17)14-11-15-16-12(19-11)18-7-10-4-2-3-9(5-10)6-13/h2-5H,7H2,1H3,(H,14,15,17). The smallest absolute Gasteiger partial charge is 0.223 e. The molecule has 0 atom stereocenters. The number of nitrogens with zero attached hydrogens (tertiary/aromatic N) is 3. The first-order valence-electron chi connectivity index (χ1n) is 5.40. The lowest BCUT2D eigenvalue weighted by Gasteiger charge is -1.98. The van der Waals surface area contributed by atoms with E-state index in [4.69, 9.17) is 5.26 Å². The number of nitriles is 1. The van der Waals surface area contributed by atoms with Crippen LogP contribution in [0, 0.1) is 11.3 Å². The van der Waals surface area contributed by atoms with Crippen molar-refractivity contribution >= 4 is 34.1 Å². The second-order valence-electron chi connectivity index (χ2n) is 3.66. The van der Waals surface area contributed by atoms with Gasteiger partial charge in [-0.25, -0.2) is 0 Å². The van der Waals surface area contributed by atoms with Crippen molar-refractivity contribution in [1.29, 1.82) is 5.26 Å². The van der Waals surface area contributed by atoms with E-state index < -0.39 is 0 Å². The topological polar surface area (TPSA) is 78.7 Å². The molecule has 5 nitrogen and oxygen atoms in total. The molecule has 2 rings (SSSR count). The number of aromatic nitrogens is 2. The van der Waals surface area contributed by atoms with Crippen LogP contribution in [-0.4, -0.2) is 16.1 Å². The Morgan fingerprint density at radius 2 is 2.37 bits per heavy atom. The second-order valence-corrected chi connectivity index (χ2v) is 5.86. The summed E-state index contributed by atoms with van der Waals surface area (Å²) >= 11 is 2.86. The molecule has 0 bridgehead atoms. The Labute approximate surface area is 118 Å². The Bertz CT molecular complexity index is 633. The van der Waals surface area contributed by atoms with Gasteiger partial charge >= 0.3 is 0 Å². The van der Waals surface area contributed by atoms with Crippen LogP contribution in [0.2, 0.25) is 0 Å². The highest BCUT2D eigenvalue weighted by Crippen LogP contribution is 2.28. The maximum absolute atomic E-state index is 10.9. The number of thioether (sulfide) groups is 1. The molecule has 96 valence electrons. The normalized spacial score (nSPS) is 9.89. The minimum atomic E-state index is -0.158. The molecular weight excluding hydrogens is 280 g/mol. The molecule has 0 aliphatic carbocycles. The zero-order valence-electron chi connectivity index (χ0n) is 10.1. The second kappa shape index (κ2) is 6.31. The molecule has 1 amide bonds. The molecule has 0 fully saturated rings. The van der Waals surface area contributed by atoms with Crippen LogP contribution in [0.5, 0.6) is 0 Å². The largest absolute Gasteiger partial charge is 0.301 e. The van der Waals surface area contributed by atoms with Crippen LogP contribution in [-0.2, 0) is 10.5 Å². The average molecular weight is 290 g/mol. The predicted molar refractivity (Wildman–Crippen MR) is 74.9 cm³/mol. The Balaban J connectivity index is 1.96. The van der Waals surface area contributed by atoms with Gasteiger partial charge in [0.25, 0.3) is 0 Å². The summed E-state index contributed by atoms with van der Waals surface area (Å²) in [7, 11) is 0. The number of rotatable bonds is 4. The summed E-state index contributed by atoms with van der Waals surface area (Å²) in [5, 5.41) is 19.8. The van der Waals surface area contributed by atoms with Gasteiger partial charge in [-0.3, -0.25) is 4.79 Å². The predicted octanol–water partition coefficient (Wildman–Crippen LogP) is 2.66.